The number of hydrogen-bond donors (Lipinski definition) is 1. The third-order valence-corrected chi connectivity index (χ3v) is 5.94. The Kier molecular flexibility index (Phi) is 7.38. The summed E-state index contributed by atoms with van der Waals surface area (Å²) in [7, 11) is 1.64. The van der Waals surface area contributed by atoms with Crippen molar-refractivity contribution in [2.24, 2.45) is 0 Å². The van der Waals surface area contributed by atoms with E-state index in [0.717, 1.165) is 46.9 Å². The van der Waals surface area contributed by atoms with E-state index < -0.39 is 5.54 Å². The molecule has 6 nitrogen and oxygen atoms in total. The van der Waals surface area contributed by atoms with E-state index in [2.05, 4.69) is 28.6 Å². The maximum Gasteiger partial charge on any atom is 0.252 e. The summed E-state index contributed by atoms with van der Waals surface area (Å²) in [5.41, 5.74) is 2.55. The SMILES string of the molecule is CCCCn1cc(C(C)(C)NC(=O)c2ccc(SC)cc2-c2ccc(OC)cc2)nn1. The van der Waals surface area contributed by atoms with Crippen LogP contribution in [0.3, 0.4) is 0 Å². The quantitative estimate of drug-likeness (QED) is 0.469. The first-order chi connectivity index (χ1) is 14.9. The molecule has 0 aliphatic heterocycles. The van der Waals surface area contributed by atoms with Crippen LogP contribution in [-0.2, 0) is 12.1 Å². The van der Waals surface area contributed by atoms with Crippen molar-refractivity contribution in [1.82, 2.24) is 20.3 Å². The summed E-state index contributed by atoms with van der Waals surface area (Å²) in [6.45, 7) is 6.86. The Morgan fingerprint density at radius 2 is 1.94 bits per heavy atom. The maximum absolute atomic E-state index is 13.3. The molecule has 0 spiro atoms. The molecule has 0 radical (unpaired) electrons. The molecule has 3 aromatic rings. The minimum absolute atomic E-state index is 0.147. The van der Waals surface area contributed by atoms with Crippen molar-refractivity contribution in [3.63, 3.8) is 0 Å². The highest BCUT2D eigenvalue weighted by Crippen LogP contribution is 2.30. The molecule has 0 saturated carbocycles. The molecular formula is C24H30N4O2S. The summed E-state index contributed by atoms with van der Waals surface area (Å²) >= 11 is 1.65. The van der Waals surface area contributed by atoms with Crippen molar-refractivity contribution < 1.29 is 9.53 Å². The Balaban J connectivity index is 1.88. The van der Waals surface area contributed by atoms with Gasteiger partial charge in [0, 0.05) is 17.0 Å². The monoisotopic (exact) mass is 438 g/mol. The molecule has 3 rings (SSSR count). The Bertz CT molecular complexity index is 1030. The van der Waals surface area contributed by atoms with Gasteiger partial charge in [0.1, 0.15) is 11.4 Å². The van der Waals surface area contributed by atoms with E-state index in [1.54, 1.807) is 18.9 Å². The second-order valence-electron chi connectivity index (χ2n) is 7.94. The molecule has 1 heterocycles. The van der Waals surface area contributed by atoms with Gasteiger partial charge in [-0.25, -0.2) is 0 Å². The summed E-state index contributed by atoms with van der Waals surface area (Å²) in [6, 6.07) is 13.7. The fourth-order valence-corrected chi connectivity index (χ4v) is 3.73. The maximum atomic E-state index is 13.3. The van der Waals surface area contributed by atoms with Gasteiger partial charge in [0.15, 0.2) is 0 Å². The van der Waals surface area contributed by atoms with Crippen LogP contribution >= 0.6 is 11.8 Å². The van der Waals surface area contributed by atoms with Gasteiger partial charge in [-0.3, -0.25) is 9.48 Å². The number of aromatic nitrogens is 3. The second kappa shape index (κ2) is 10.0. The number of carbonyl (C=O) groups is 1. The number of nitrogens with zero attached hydrogens (tertiary/aromatic N) is 3. The van der Waals surface area contributed by atoms with Crippen LogP contribution in [0.1, 0.15) is 49.7 Å². The average molecular weight is 439 g/mol. The summed E-state index contributed by atoms with van der Waals surface area (Å²) in [4.78, 5) is 14.4. The predicted molar refractivity (Wildman–Crippen MR) is 126 cm³/mol. The fraction of sp³-hybridized carbons (Fsp3) is 0.375. The minimum Gasteiger partial charge on any atom is -0.497 e. The van der Waals surface area contributed by atoms with Crippen molar-refractivity contribution in [3.05, 3.63) is 59.9 Å². The number of hydrogen-bond acceptors (Lipinski definition) is 5. The lowest BCUT2D eigenvalue weighted by Crippen LogP contribution is -2.41. The van der Waals surface area contributed by atoms with Crippen LogP contribution in [0.2, 0.25) is 0 Å². The number of nitrogens with one attached hydrogen (secondary N) is 1. The van der Waals surface area contributed by atoms with Crippen molar-refractivity contribution in [3.8, 4) is 16.9 Å². The van der Waals surface area contributed by atoms with E-state index in [1.165, 1.54) is 0 Å². The lowest BCUT2D eigenvalue weighted by Gasteiger charge is -2.24. The van der Waals surface area contributed by atoms with Crippen LogP contribution in [0.4, 0.5) is 0 Å². The van der Waals surface area contributed by atoms with Crippen LogP contribution in [0.5, 0.6) is 5.75 Å². The lowest BCUT2D eigenvalue weighted by molar-refractivity contribution is 0.0911. The molecular weight excluding hydrogens is 408 g/mol. The number of unbranched alkanes of at least 4 members (excludes halogenated alkanes) is 1. The van der Waals surface area contributed by atoms with Gasteiger partial charge < -0.3 is 10.1 Å². The van der Waals surface area contributed by atoms with Gasteiger partial charge in [0.2, 0.25) is 0 Å². The first-order valence-corrected chi connectivity index (χ1v) is 11.7. The van der Waals surface area contributed by atoms with Gasteiger partial charge in [-0.2, -0.15) is 0 Å². The average Bonchev–Trinajstić information content (AvgIpc) is 3.27. The van der Waals surface area contributed by atoms with Crippen molar-refractivity contribution in [1.29, 1.82) is 0 Å². The molecule has 0 aliphatic rings. The first-order valence-electron chi connectivity index (χ1n) is 10.4. The summed E-state index contributed by atoms with van der Waals surface area (Å²) in [5, 5.41) is 11.6. The van der Waals surface area contributed by atoms with Crippen molar-refractivity contribution in [2.75, 3.05) is 13.4 Å². The summed E-state index contributed by atoms with van der Waals surface area (Å²) in [6.07, 6.45) is 6.08. The third-order valence-electron chi connectivity index (χ3n) is 5.22. The zero-order chi connectivity index (χ0) is 22.4. The molecule has 7 heteroatoms. The molecule has 0 fully saturated rings. The number of amides is 1. The Labute approximate surface area is 188 Å². The highest BCUT2D eigenvalue weighted by atomic mass is 32.2. The standard InChI is InChI=1S/C24H30N4O2S/c1-6-7-14-28-16-22(26-27-28)24(2,3)25-23(29)20-13-12-19(31-5)15-21(20)17-8-10-18(30-4)11-9-17/h8-13,15-16H,6-7,14H2,1-5H3,(H,25,29). The highest BCUT2D eigenvalue weighted by Gasteiger charge is 2.28. The number of thioether (sulfide) groups is 1. The number of carbonyl (C=O) groups excluding carboxylic acids is 1. The number of methoxy groups -OCH3 is 1. The van der Waals surface area contributed by atoms with Gasteiger partial charge >= 0.3 is 0 Å². The predicted octanol–water partition coefficient (Wildman–Crippen LogP) is 5.14. The molecule has 0 bridgehead atoms. The van der Waals surface area contributed by atoms with E-state index in [4.69, 9.17) is 4.74 Å². The third kappa shape index (κ3) is 5.47. The number of ether oxygens (including phenoxy) is 1. The molecule has 0 unspecified atom stereocenters. The van der Waals surface area contributed by atoms with Gasteiger partial charge in [0.25, 0.3) is 5.91 Å². The molecule has 1 N–H and O–H groups in total. The number of rotatable bonds is 9. The van der Waals surface area contributed by atoms with E-state index in [1.807, 2.05) is 67.4 Å². The number of benzene rings is 2. The van der Waals surface area contributed by atoms with Gasteiger partial charge in [0.05, 0.1) is 18.8 Å². The Hall–Kier alpha value is -2.80. The van der Waals surface area contributed by atoms with Crippen LogP contribution in [0.15, 0.2) is 53.6 Å². The van der Waals surface area contributed by atoms with Crippen LogP contribution in [0, 0.1) is 0 Å². The zero-order valence-corrected chi connectivity index (χ0v) is 19.6. The molecule has 2 aromatic carbocycles. The Morgan fingerprint density at radius 1 is 1.19 bits per heavy atom. The lowest BCUT2D eigenvalue weighted by atomic mass is 9.96. The van der Waals surface area contributed by atoms with Gasteiger partial charge in [-0.05, 0) is 68.0 Å². The van der Waals surface area contributed by atoms with E-state index in [-0.39, 0.29) is 5.91 Å². The molecule has 31 heavy (non-hydrogen) atoms. The van der Waals surface area contributed by atoms with Crippen molar-refractivity contribution >= 4 is 17.7 Å². The summed E-state index contributed by atoms with van der Waals surface area (Å²) < 4.78 is 7.11. The van der Waals surface area contributed by atoms with E-state index in [0.29, 0.717) is 5.56 Å². The fourth-order valence-electron chi connectivity index (χ4n) is 3.29. The Morgan fingerprint density at radius 3 is 2.58 bits per heavy atom. The zero-order valence-electron chi connectivity index (χ0n) is 18.8. The smallest absolute Gasteiger partial charge is 0.252 e. The highest BCUT2D eigenvalue weighted by molar-refractivity contribution is 7.98. The molecule has 1 aromatic heterocycles. The first kappa shape index (κ1) is 22.9. The normalized spacial score (nSPS) is 11.4. The molecule has 164 valence electrons. The molecule has 0 aliphatic carbocycles. The molecule has 1 amide bonds. The minimum atomic E-state index is -0.656. The van der Waals surface area contributed by atoms with Gasteiger partial charge in [-0.1, -0.05) is 30.7 Å². The summed E-state index contributed by atoms with van der Waals surface area (Å²) in [5.74, 6) is 0.634. The van der Waals surface area contributed by atoms with Crippen LogP contribution in [-0.4, -0.2) is 34.3 Å². The molecule has 0 atom stereocenters. The molecule has 0 saturated heterocycles. The van der Waals surface area contributed by atoms with E-state index >= 15 is 0 Å². The van der Waals surface area contributed by atoms with E-state index in [9.17, 15) is 4.79 Å². The van der Waals surface area contributed by atoms with Crippen LogP contribution < -0.4 is 10.1 Å². The largest absolute Gasteiger partial charge is 0.497 e. The van der Waals surface area contributed by atoms with Crippen molar-refractivity contribution in [2.45, 2.75) is 50.6 Å². The topological polar surface area (TPSA) is 69.0 Å². The van der Waals surface area contributed by atoms with Crippen LogP contribution in [0.25, 0.3) is 11.1 Å². The van der Waals surface area contributed by atoms with Gasteiger partial charge in [-0.15, -0.1) is 16.9 Å². The second-order valence-corrected chi connectivity index (χ2v) is 8.82. The number of aryl methyl sites for hydroxylation is 1.